The first-order valence-electron chi connectivity index (χ1n) is 6.56. The molecule has 3 N–H and O–H groups in total. The summed E-state index contributed by atoms with van der Waals surface area (Å²) in [5.74, 6) is -0.795. The van der Waals surface area contributed by atoms with Crippen molar-refractivity contribution in [3.63, 3.8) is 0 Å². The van der Waals surface area contributed by atoms with E-state index in [-0.39, 0.29) is 18.0 Å². The Morgan fingerprint density at radius 1 is 1.09 bits per heavy atom. The molecule has 8 nitrogen and oxygen atoms in total. The lowest BCUT2D eigenvalue weighted by molar-refractivity contribution is -0.121. The second-order valence-electron chi connectivity index (χ2n) is 4.79. The standard InChI is InChI=1S/C14H12N4O4/c19-11-6-9(16-10-7-15-14(22)17-12(10)20)13(21)18(11)8-4-2-1-3-5-8/h1-5,7,9,16H,6H2,(H2,15,17,20,22)/t9-/m1/s1. The first-order chi connectivity index (χ1) is 10.6. The molecule has 2 aromatic rings. The number of imide groups is 1. The van der Waals surface area contributed by atoms with E-state index in [2.05, 4.69) is 10.3 Å². The van der Waals surface area contributed by atoms with Crippen molar-refractivity contribution in [1.29, 1.82) is 0 Å². The predicted molar refractivity (Wildman–Crippen MR) is 78.6 cm³/mol. The zero-order chi connectivity index (χ0) is 15.7. The molecule has 0 saturated carbocycles. The van der Waals surface area contributed by atoms with Crippen molar-refractivity contribution in [3.8, 4) is 0 Å². The summed E-state index contributed by atoms with van der Waals surface area (Å²) in [5, 5.41) is 2.69. The zero-order valence-corrected chi connectivity index (χ0v) is 11.3. The van der Waals surface area contributed by atoms with Crippen LogP contribution in [0.15, 0.2) is 46.1 Å². The minimum atomic E-state index is -0.847. The fraction of sp³-hybridized carbons (Fsp3) is 0.143. The number of hydrogen-bond donors (Lipinski definition) is 3. The van der Waals surface area contributed by atoms with Crippen molar-refractivity contribution < 1.29 is 9.59 Å². The summed E-state index contributed by atoms with van der Waals surface area (Å²) in [6, 6.07) is 7.70. The van der Waals surface area contributed by atoms with Gasteiger partial charge in [-0.25, -0.2) is 9.69 Å². The van der Waals surface area contributed by atoms with Crippen LogP contribution in [0.1, 0.15) is 6.42 Å². The van der Waals surface area contributed by atoms with Crippen LogP contribution in [0, 0.1) is 0 Å². The van der Waals surface area contributed by atoms with Crippen LogP contribution >= 0.6 is 0 Å². The molecule has 1 aliphatic rings. The summed E-state index contributed by atoms with van der Waals surface area (Å²) in [7, 11) is 0. The van der Waals surface area contributed by atoms with Crippen molar-refractivity contribution in [2.24, 2.45) is 0 Å². The molecule has 8 heteroatoms. The van der Waals surface area contributed by atoms with Crippen LogP contribution < -0.4 is 21.5 Å². The van der Waals surface area contributed by atoms with E-state index in [1.54, 1.807) is 30.3 Å². The van der Waals surface area contributed by atoms with Crippen molar-refractivity contribution in [2.45, 2.75) is 12.5 Å². The highest BCUT2D eigenvalue weighted by molar-refractivity contribution is 6.23. The lowest BCUT2D eigenvalue weighted by Gasteiger charge is -2.15. The van der Waals surface area contributed by atoms with Gasteiger partial charge in [-0.3, -0.25) is 19.4 Å². The number of rotatable bonds is 3. The summed E-state index contributed by atoms with van der Waals surface area (Å²) < 4.78 is 0. The number of benzene rings is 1. The maximum Gasteiger partial charge on any atom is 0.325 e. The van der Waals surface area contributed by atoms with Crippen molar-refractivity contribution in [1.82, 2.24) is 9.97 Å². The quantitative estimate of drug-likeness (QED) is 0.679. The van der Waals surface area contributed by atoms with Crippen LogP contribution in [0.5, 0.6) is 0 Å². The summed E-state index contributed by atoms with van der Waals surface area (Å²) in [6.45, 7) is 0. The third kappa shape index (κ3) is 2.41. The van der Waals surface area contributed by atoms with Crippen LogP contribution in [0.2, 0.25) is 0 Å². The number of hydrogen-bond acceptors (Lipinski definition) is 5. The zero-order valence-electron chi connectivity index (χ0n) is 11.3. The summed E-state index contributed by atoms with van der Waals surface area (Å²) in [4.78, 5) is 52.4. The average Bonchev–Trinajstić information content (AvgIpc) is 2.77. The second-order valence-corrected chi connectivity index (χ2v) is 4.79. The largest absolute Gasteiger partial charge is 0.368 e. The molecule has 1 aromatic heterocycles. The Hall–Kier alpha value is -3.16. The molecule has 2 heterocycles. The van der Waals surface area contributed by atoms with E-state index in [4.69, 9.17) is 0 Å². The summed E-state index contributed by atoms with van der Waals surface area (Å²) in [6.07, 6.45) is 1.11. The first kappa shape index (κ1) is 13.8. The minimum absolute atomic E-state index is 0.0284. The van der Waals surface area contributed by atoms with Gasteiger partial charge in [0.2, 0.25) is 5.91 Å². The maximum absolute atomic E-state index is 12.4. The van der Waals surface area contributed by atoms with Gasteiger partial charge in [-0.1, -0.05) is 18.2 Å². The highest BCUT2D eigenvalue weighted by Gasteiger charge is 2.39. The van der Waals surface area contributed by atoms with E-state index in [9.17, 15) is 19.2 Å². The first-order valence-corrected chi connectivity index (χ1v) is 6.56. The number of aromatic nitrogens is 2. The van der Waals surface area contributed by atoms with E-state index in [1.807, 2.05) is 4.98 Å². The van der Waals surface area contributed by atoms with Crippen LogP contribution in [-0.2, 0) is 9.59 Å². The number of amides is 2. The number of carbonyl (C=O) groups excluding carboxylic acids is 2. The molecular weight excluding hydrogens is 288 g/mol. The molecule has 22 heavy (non-hydrogen) atoms. The molecule has 1 aliphatic heterocycles. The van der Waals surface area contributed by atoms with E-state index >= 15 is 0 Å². The van der Waals surface area contributed by atoms with Gasteiger partial charge >= 0.3 is 5.69 Å². The summed E-state index contributed by atoms with van der Waals surface area (Å²) in [5.41, 5.74) is -0.782. The number of nitrogens with zero attached hydrogens (tertiary/aromatic N) is 1. The molecule has 0 bridgehead atoms. The Balaban J connectivity index is 1.85. The minimum Gasteiger partial charge on any atom is -0.368 e. The summed E-state index contributed by atoms with van der Waals surface area (Å²) >= 11 is 0. The Labute approximate surface area is 123 Å². The number of carbonyl (C=O) groups is 2. The smallest absolute Gasteiger partial charge is 0.325 e. The molecule has 2 amide bonds. The SMILES string of the molecule is O=C1C[C@@H](Nc2c[nH]c(=O)[nH]c2=O)C(=O)N1c1ccccc1. The number of para-hydroxylation sites is 1. The molecule has 1 saturated heterocycles. The van der Waals surface area contributed by atoms with E-state index in [1.165, 1.54) is 6.20 Å². The molecule has 0 spiro atoms. The van der Waals surface area contributed by atoms with Gasteiger partial charge in [0.1, 0.15) is 11.7 Å². The Morgan fingerprint density at radius 2 is 1.82 bits per heavy atom. The molecule has 0 unspecified atom stereocenters. The van der Waals surface area contributed by atoms with E-state index in [0.29, 0.717) is 5.69 Å². The monoisotopic (exact) mass is 300 g/mol. The number of H-pyrrole nitrogens is 2. The Morgan fingerprint density at radius 3 is 2.50 bits per heavy atom. The van der Waals surface area contributed by atoms with Crippen LogP contribution in [-0.4, -0.2) is 27.8 Å². The third-order valence-electron chi connectivity index (χ3n) is 3.31. The topological polar surface area (TPSA) is 115 Å². The predicted octanol–water partition coefficient (Wildman–Crippen LogP) is -0.193. The number of aromatic amines is 2. The molecule has 0 aliphatic carbocycles. The van der Waals surface area contributed by atoms with Gasteiger partial charge in [0.25, 0.3) is 11.5 Å². The molecule has 1 fully saturated rings. The molecule has 3 rings (SSSR count). The van der Waals surface area contributed by atoms with Gasteiger partial charge in [0, 0.05) is 6.20 Å². The second kappa shape index (κ2) is 5.32. The normalized spacial score (nSPS) is 17.8. The third-order valence-corrected chi connectivity index (χ3v) is 3.31. The van der Waals surface area contributed by atoms with Gasteiger partial charge in [-0.05, 0) is 12.1 Å². The average molecular weight is 300 g/mol. The van der Waals surface area contributed by atoms with Gasteiger partial charge in [-0.15, -0.1) is 0 Å². The fourth-order valence-electron chi connectivity index (χ4n) is 2.30. The highest BCUT2D eigenvalue weighted by Crippen LogP contribution is 2.23. The number of nitrogens with one attached hydrogen (secondary N) is 3. The van der Waals surface area contributed by atoms with Gasteiger partial charge in [0.15, 0.2) is 0 Å². The van der Waals surface area contributed by atoms with Crippen molar-refractivity contribution >= 4 is 23.2 Å². The van der Waals surface area contributed by atoms with E-state index in [0.717, 1.165) is 4.90 Å². The Bertz CT molecular complexity index is 840. The van der Waals surface area contributed by atoms with Gasteiger partial charge < -0.3 is 10.3 Å². The van der Waals surface area contributed by atoms with Gasteiger partial charge in [-0.2, -0.15) is 0 Å². The fourth-order valence-corrected chi connectivity index (χ4v) is 2.30. The van der Waals surface area contributed by atoms with Crippen LogP contribution in [0.25, 0.3) is 0 Å². The highest BCUT2D eigenvalue weighted by atomic mass is 16.2. The molecule has 1 aromatic carbocycles. The van der Waals surface area contributed by atoms with Crippen LogP contribution in [0.3, 0.4) is 0 Å². The van der Waals surface area contributed by atoms with Crippen molar-refractivity contribution in [3.05, 3.63) is 57.4 Å². The maximum atomic E-state index is 12.4. The van der Waals surface area contributed by atoms with Gasteiger partial charge in [0.05, 0.1) is 12.1 Å². The lowest BCUT2D eigenvalue weighted by Crippen LogP contribution is -2.36. The van der Waals surface area contributed by atoms with E-state index < -0.39 is 23.2 Å². The molecular formula is C14H12N4O4. The molecule has 1 atom stereocenters. The Kier molecular flexibility index (Phi) is 3.34. The molecule has 112 valence electrons. The van der Waals surface area contributed by atoms with Crippen LogP contribution in [0.4, 0.5) is 11.4 Å². The van der Waals surface area contributed by atoms with Crippen molar-refractivity contribution in [2.75, 3.05) is 10.2 Å². The molecule has 0 radical (unpaired) electrons. The number of anilines is 2. The lowest BCUT2D eigenvalue weighted by atomic mass is 10.2.